The minimum absolute atomic E-state index is 0.257. The number of halogens is 1. The molecule has 0 radical (unpaired) electrons. The van der Waals surface area contributed by atoms with E-state index in [9.17, 15) is 19.5 Å². The van der Waals surface area contributed by atoms with Gasteiger partial charge in [-0.2, -0.15) is 0 Å². The third-order valence-electron chi connectivity index (χ3n) is 6.20. The fraction of sp³-hybridized carbons (Fsp3) is 0.222. The first-order chi connectivity index (χ1) is 15.3. The number of carbonyl (C=O) groups is 3. The normalized spacial score (nSPS) is 25.3. The summed E-state index contributed by atoms with van der Waals surface area (Å²) in [5.41, 5.74) is -0.0551. The van der Waals surface area contributed by atoms with Gasteiger partial charge in [0.1, 0.15) is 5.78 Å². The summed E-state index contributed by atoms with van der Waals surface area (Å²) in [4.78, 5) is 40.5. The predicted molar refractivity (Wildman–Crippen MR) is 126 cm³/mol. The summed E-state index contributed by atoms with van der Waals surface area (Å²) in [5.74, 6) is -3.77. The van der Waals surface area contributed by atoms with Crippen molar-refractivity contribution in [1.29, 1.82) is 0 Å². The summed E-state index contributed by atoms with van der Waals surface area (Å²) in [5, 5.41) is 11.3. The number of rotatable bonds is 5. The predicted octanol–water partition coefficient (Wildman–Crippen LogP) is 5.25. The highest BCUT2D eigenvalue weighted by Crippen LogP contribution is 2.48. The van der Waals surface area contributed by atoms with Gasteiger partial charge in [0.25, 0.3) is 0 Å². The average molecular weight is 491 g/mol. The topological polar surface area (TPSA) is 71.4 Å². The van der Waals surface area contributed by atoms with Gasteiger partial charge in [-0.15, -0.1) is 0 Å². The van der Waals surface area contributed by atoms with Gasteiger partial charge in [-0.1, -0.05) is 88.7 Å². The molecule has 0 bridgehead atoms. The Morgan fingerprint density at radius 3 is 1.88 bits per heavy atom. The minimum Gasteiger partial charge on any atom is -0.389 e. The smallest absolute Gasteiger partial charge is 0.173 e. The Balaban J connectivity index is 1.89. The summed E-state index contributed by atoms with van der Waals surface area (Å²) in [6, 6.07) is 24.6. The van der Waals surface area contributed by atoms with Crippen LogP contribution >= 0.6 is 15.9 Å². The van der Waals surface area contributed by atoms with Gasteiger partial charge in [-0.05, 0) is 24.6 Å². The van der Waals surface area contributed by atoms with Gasteiger partial charge < -0.3 is 5.11 Å². The third kappa shape index (κ3) is 4.23. The Kier molecular flexibility index (Phi) is 6.22. The first-order valence-electron chi connectivity index (χ1n) is 10.5. The maximum absolute atomic E-state index is 13.7. The van der Waals surface area contributed by atoms with E-state index >= 15 is 0 Å². The van der Waals surface area contributed by atoms with Crippen LogP contribution in [-0.2, 0) is 4.79 Å². The van der Waals surface area contributed by atoms with Crippen LogP contribution in [0.2, 0.25) is 0 Å². The molecule has 0 spiro atoms. The van der Waals surface area contributed by atoms with Crippen LogP contribution in [0.15, 0.2) is 89.4 Å². The van der Waals surface area contributed by atoms with Gasteiger partial charge in [0, 0.05) is 27.9 Å². The van der Waals surface area contributed by atoms with E-state index < -0.39 is 23.4 Å². The minimum atomic E-state index is -1.59. The summed E-state index contributed by atoms with van der Waals surface area (Å²) < 4.78 is 0.840. The molecule has 0 aromatic heterocycles. The van der Waals surface area contributed by atoms with Crippen LogP contribution < -0.4 is 0 Å². The molecule has 3 aromatic carbocycles. The molecular formula is C27H23BrO4. The Labute approximate surface area is 195 Å². The molecule has 1 aliphatic carbocycles. The number of Topliss-reactive ketones (excluding diaryl/α,β-unsaturated/α-hetero) is 3. The molecule has 1 fully saturated rings. The lowest BCUT2D eigenvalue weighted by Gasteiger charge is -2.45. The van der Waals surface area contributed by atoms with Crippen LogP contribution in [0.4, 0.5) is 0 Å². The molecule has 3 aromatic rings. The SMILES string of the molecule is C[C@]1(O)CC(=O)[C@@H](C(=O)c2ccccc2)[C@H](c2ccc(Br)cc2)[C@@H]1C(=O)c1ccccc1. The van der Waals surface area contributed by atoms with Gasteiger partial charge >= 0.3 is 0 Å². The highest BCUT2D eigenvalue weighted by molar-refractivity contribution is 9.10. The van der Waals surface area contributed by atoms with E-state index in [2.05, 4.69) is 15.9 Å². The lowest BCUT2D eigenvalue weighted by molar-refractivity contribution is -0.134. The summed E-state index contributed by atoms with van der Waals surface area (Å²) in [6.07, 6.45) is -0.257. The molecule has 0 heterocycles. The van der Waals surface area contributed by atoms with E-state index in [1.807, 2.05) is 18.2 Å². The van der Waals surface area contributed by atoms with E-state index in [0.29, 0.717) is 16.7 Å². The zero-order valence-corrected chi connectivity index (χ0v) is 19.2. The van der Waals surface area contributed by atoms with Crippen molar-refractivity contribution in [1.82, 2.24) is 0 Å². The fourth-order valence-corrected chi connectivity index (χ4v) is 5.01. The molecule has 0 unspecified atom stereocenters. The number of aliphatic hydroxyl groups is 1. The zero-order chi connectivity index (χ0) is 22.9. The van der Waals surface area contributed by atoms with Crippen molar-refractivity contribution in [2.45, 2.75) is 24.9 Å². The monoisotopic (exact) mass is 490 g/mol. The van der Waals surface area contributed by atoms with Crippen molar-refractivity contribution in [3.05, 3.63) is 106 Å². The number of ketones is 3. The van der Waals surface area contributed by atoms with E-state index in [-0.39, 0.29) is 23.8 Å². The maximum Gasteiger partial charge on any atom is 0.173 e. The average Bonchev–Trinajstić information content (AvgIpc) is 2.79. The summed E-state index contributed by atoms with van der Waals surface area (Å²) in [7, 11) is 0. The van der Waals surface area contributed by atoms with Crippen LogP contribution in [0.5, 0.6) is 0 Å². The lowest BCUT2D eigenvalue weighted by Crippen LogP contribution is -2.54. The molecule has 1 saturated carbocycles. The van der Waals surface area contributed by atoms with E-state index in [0.717, 1.165) is 4.47 Å². The largest absolute Gasteiger partial charge is 0.389 e. The zero-order valence-electron chi connectivity index (χ0n) is 17.6. The molecule has 4 nitrogen and oxygen atoms in total. The standard InChI is InChI=1S/C27H23BrO4/c1-27(32)16-21(29)23(25(30)18-8-4-2-5-9-18)22(17-12-14-20(28)15-13-17)24(27)26(31)19-10-6-3-7-11-19/h2-15,22-24,32H,16H2,1H3/t22-,23+,24+,27-/m0/s1. The van der Waals surface area contributed by atoms with Crippen molar-refractivity contribution in [2.75, 3.05) is 0 Å². The molecule has 0 amide bonds. The molecule has 0 saturated heterocycles. The van der Waals surface area contributed by atoms with Crippen molar-refractivity contribution >= 4 is 33.3 Å². The Morgan fingerprint density at radius 1 is 0.844 bits per heavy atom. The van der Waals surface area contributed by atoms with Crippen LogP contribution in [0.1, 0.15) is 45.5 Å². The van der Waals surface area contributed by atoms with Gasteiger partial charge in [-0.3, -0.25) is 14.4 Å². The molecule has 4 rings (SSSR count). The molecule has 162 valence electrons. The number of hydrogen-bond donors (Lipinski definition) is 1. The van der Waals surface area contributed by atoms with Gasteiger partial charge in [0.05, 0.1) is 17.4 Å². The molecule has 0 aliphatic heterocycles. The van der Waals surface area contributed by atoms with Crippen molar-refractivity contribution in [3.63, 3.8) is 0 Å². The van der Waals surface area contributed by atoms with Gasteiger partial charge in [0.2, 0.25) is 0 Å². The number of hydrogen-bond acceptors (Lipinski definition) is 4. The second-order valence-electron chi connectivity index (χ2n) is 8.49. The molecule has 1 aliphatic rings. The highest BCUT2D eigenvalue weighted by Gasteiger charge is 2.55. The molecular weight excluding hydrogens is 468 g/mol. The third-order valence-corrected chi connectivity index (χ3v) is 6.73. The Hall–Kier alpha value is -2.89. The van der Waals surface area contributed by atoms with Crippen molar-refractivity contribution < 1.29 is 19.5 Å². The fourth-order valence-electron chi connectivity index (χ4n) is 4.74. The van der Waals surface area contributed by atoms with Gasteiger partial charge in [-0.25, -0.2) is 0 Å². The number of benzene rings is 3. The van der Waals surface area contributed by atoms with E-state index in [4.69, 9.17) is 0 Å². The lowest BCUT2D eigenvalue weighted by atomic mass is 9.58. The second-order valence-corrected chi connectivity index (χ2v) is 9.41. The molecule has 5 heteroatoms. The molecule has 1 N–H and O–H groups in total. The van der Waals surface area contributed by atoms with Crippen molar-refractivity contribution in [2.24, 2.45) is 11.8 Å². The Bertz CT molecular complexity index is 1140. The Morgan fingerprint density at radius 2 is 1.34 bits per heavy atom. The van der Waals surface area contributed by atoms with Crippen LogP contribution in [0.3, 0.4) is 0 Å². The molecule has 4 atom stereocenters. The second kappa shape index (κ2) is 8.93. The summed E-state index contributed by atoms with van der Waals surface area (Å²) >= 11 is 3.42. The van der Waals surface area contributed by atoms with Crippen LogP contribution in [0.25, 0.3) is 0 Å². The van der Waals surface area contributed by atoms with Crippen LogP contribution in [-0.4, -0.2) is 28.1 Å². The quantitative estimate of drug-likeness (QED) is 0.391. The maximum atomic E-state index is 13.7. The summed E-state index contributed by atoms with van der Waals surface area (Å²) in [6.45, 7) is 1.52. The number of carbonyl (C=O) groups excluding carboxylic acids is 3. The van der Waals surface area contributed by atoms with E-state index in [1.54, 1.807) is 66.7 Å². The first-order valence-corrected chi connectivity index (χ1v) is 11.3. The van der Waals surface area contributed by atoms with Crippen LogP contribution in [0, 0.1) is 11.8 Å². The van der Waals surface area contributed by atoms with Gasteiger partial charge in [0.15, 0.2) is 11.6 Å². The van der Waals surface area contributed by atoms with E-state index in [1.165, 1.54) is 6.92 Å². The highest BCUT2D eigenvalue weighted by atomic mass is 79.9. The first kappa shape index (κ1) is 22.3. The van der Waals surface area contributed by atoms with Crippen molar-refractivity contribution in [3.8, 4) is 0 Å². The molecule has 32 heavy (non-hydrogen) atoms.